The summed E-state index contributed by atoms with van der Waals surface area (Å²) in [5.41, 5.74) is 0.915. The highest BCUT2D eigenvalue weighted by Crippen LogP contribution is 2.16. The van der Waals surface area contributed by atoms with Crippen molar-refractivity contribution in [1.29, 1.82) is 0 Å². The summed E-state index contributed by atoms with van der Waals surface area (Å²) in [5, 5.41) is 13.2. The van der Waals surface area contributed by atoms with Crippen LogP contribution in [0.3, 0.4) is 0 Å². The lowest BCUT2D eigenvalue weighted by Crippen LogP contribution is -2.23. The Morgan fingerprint density at radius 2 is 2.11 bits per heavy atom. The van der Waals surface area contributed by atoms with Gasteiger partial charge in [-0.1, -0.05) is 31.5 Å². The van der Waals surface area contributed by atoms with Crippen molar-refractivity contribution in [2.75, 3.05) is 5.32 Å². The molecule has 1 heterocycles. The Bertz CT molecular complexity index is 569. The SMILES string of the molecule is CCCC(CC(=O)O)Nc1ccc2ccccc2n1. The van der Waals surface area contributed by atoms with Crippen LogP contribution in [0.4, 0.5) is 5.82 Å². The number of fused-ring (bicyclic) bond motifs is 1. The summed E-state index contributed by atoms with van der Waals surface area (Å²) >= 11 is 0. The fraction of sp³-hybridized carbons (Fsp3) is 0.333. The van der Waals surface area contributed by atoms with Crippen molar-refractivity contribution in [2.24, 2.45) is 0 Å². The Hall–Kier alpha value is -2.10. The van der Waals surface area contributed by atoms with Crippen molar-refractivity contribution < 1.29 is 9.90 Å². The zero-order chi connectivity index (χ0) is 13.7. The van der Waals surface area contributed by atoms with E-state index in [0.717, 1.165) is 29.6 Å². The van der Waals surface area contributed by atoms with Gasteiger partial charge >= 0.3 is 5.97 Å². The molecule has 100 valence electrons. The number of benzene rings is 1. The molecule has 2 N–H and O–H groups in total. The molecule has 1 aromatic heterocycles. The maximum Gasteiger partial charge on any atom is 0.305 e. The van der Waals surface area contributed by atoms with Gasteiger partial charge in [-0.2, -0.15) is 0 Å². The van der Waals surface area contributed by atoms with Gasteiger partial charge in [-0.3, -0.25) is 4.79 Å². The van der Waals surface area contributed by atoms with Gasteiger partial charge in [0.05, 0.1) is 11.9 Å². The molecule has 2 rings (SSSR count). The van der Waals surface area contributed by atoms with Gasteiger partial charge in [0.2, 0.25) is 0 Å². The molecular formula is C15H18N2O2. The van der Waals surface area contributed by atoms with E-state index in [9.17, 15) is 4.79 Å². The quantitative estimate of drug-likeness (QED) is 0.834. The first-order valence-electron chi connectivity index (χ1n) is 6.53. The Morgan fingerprint density at radius 3 is 2.84 bits per heavy atom. The zero-order valence-electron chi connectivity index (χ0n) is 11.0. The number of nitrogens with one attached hydrogen (secondary N) is 1. The van der Waals surface area contributed by atoms with Crippen LogP contribution in [0.5, 0.6) is 0 Å². The Morgan fingerprint density at radius 1 is 1.32 bits per heavy atom. The molecule has 4 heteroatoms. The number of hydrogen-bond acceptors (Lipinski definition) is 3. The lowest BCUT2D eigenvalue weighted by atomic mass is 10.1. The molecule has 0 spiro atoms. The number of aliphatic carboxylic acids is 1. The fourth-order valence-corrected chi connectivity index (χ4v) is 2.14. The van der Waals surface area contributed by atoms with Crippen LogP contribution in [0.2, 0.25) is 0 Å². The summed E-state index contributed by atoms with van der Waals surface area (Å²) < 4.78 is 0. The van der Waals surface area contributed by atoms with E-state index in [1.165, 1.54) is 0 Å². The summed E-state index contributed by atoms with van der Waals surface area (Å²) in [6.45, 7) is 2.05. The highest BCUT2D eigenvalue weighted by molar-refractivity contribution is 5.80. The third-order valence-electron chi connectivity index (χ3n) is 3.01. The first-order chi connectivity index (χ1) is 9.19. The van der Waals surface area contributed by atoms with Crippen LogP contribution in [-0.2, 0) is 4.79 Å². The number of hydrogen-bond donors (Lipinski definition) is 2. The van der Waals surface area contributed by atoms with E-state index in [1.807, 2.05) is 43.3 Å². The Kier molecular flexibility index (Phi) is 4.34. The number of rotatable bonds is 6. The van der Waals surface area contributed by atoms with Gasteiger partial charge in [0.15, 0.2) is 0 Å². The standard InChI is InChI=1S/C15H18N2O2/c1-2-5-12(10-15(18)19)16-14-9-8-11-6-3-4-7-13(11)17-14/h3-4,6-9,12H,2,5,10H2,1H3,(H,16,17)(H,18,19). The van der Waals surface area contributed by atoms with E-state index in [0.29, 0.717) is 0 Å². The molecule has 2 aromatic rings. The second-order valence-corrected chi connectivity index (χ2v) is 4.62. The first kappa shape index (κ1) is 13.3. The molecule has 1 atom stereocenters. The maximum atomic E-state index is 10.8. The number of aromatic nitrogens is 1. The summed E-state index contributed by atoms with van der Waals surface area (Å²) in [6, 6.07) is 11.7. The molecule has 1 aromatic carbocycles. The average molecular weight is 258 g/mol. The molecule has 1 unspecified atom stereocenters. The van der Waals surface area contributed by atoms with Crippen LogP contribution < -0.4 is 5.32 Å². The van der Waals surface area contributed by atoms with E-state index >= 15 is 0 Å². The van der Waals surface area contributed by atoms with Gasteiger partial charge in [-0.05, 0) is 24.6 Å². The number of para-hydroxylation sites is 1. The van der Waals surface area contributed by atoms with E-state index < -0.39 is 5.97 Å². The molecule has 0 saturated carbocycles. The van der Waals surface area contributed by atoms with Crippen molar-refractivity contribution >= 4 is 22.7 Å². The largest absolute Gasteiger partial charge is 0.481 e. The molecule has 19 heavy (non-hydrogen) atoms. The van der Waals surface area contributed by atoms with Gasteiger partial charge in [0.1, 0.15) is 5.82 Å². The van der Waals surface area contributed by atoms with Crippen molar-refractivity contribution in [3.05, 3.63) is 36.4 Å². The van der Waals surface area contributed by atoms with E-state index in [2.05, 4.69) is 10.3 Å². The van der Waals surface area contributed by atoms with Gasteiger partial charge < -0.3 is 10.4 Å². The number of anilines is 1. The van der Waals surface area contributed by atoms with Crippen LogP contribution >= 0.6 is 0 Å². The summed E-state index contributed by atoms with van der Waals surface area (Å²) in [4.78, 5) is 15.3. The van der Waals surface area contributed by atoms with Gasteiger partial charge in [-0.25, -0.2) is 4.98 Å². The molecule has 0 aliphatic carbocycles. The monoisotopic (exact) mass is 258 g/mol. The maximum absolute atomic E-state index is 10.8. The predicted octanol–water partition coefficient (Wildman–Crippen LogP) is 3.29. The number of carboxylic acids is 1. The first-order valence-corrected chi connectivity index (χ1v) is 6.53. The summed E-state index contributed by atoms with van der Waals surface area (Å²) in [5.74, 6) is -0.0508. The molecule has 0 bridgehead atoms. The Balaban J connectivity index is 2.16. The average Bonchev–Trinajstić information content (AvgIpc) is 2.38. The van der Waals surface area contributed by atoms with Crippen LogP contribution in [0.25, 0.3) is 10.9 Å². The van der Waals surface area contributed by atoms with Crippen LogP contribution in [0.1, 0.15) is 26.2 Å². The van der Waals surface area contributed by atoms with Crippen molar-refractivity contribution in [3.63, 3.8) is 0 Å². The smallest absolute Gasteiger partial charge is 0.305 e. The van der Waals surface area contributed by atoms with E-state index in [1.54, 1.807) is 0 Å². The van der Waals surface area contributed by atoms with Gasteiger partial charge in [0, 0.05) is 11.4 Å². The van der Waals surface area contributed by atoms with Crippen LogP contribution in [-0.4, -0.2) is 22.1 Å². The summed E-state index contributed by atoms with van der Waals surface area (Å²) in [6.07, 6.45) is 1.88. The normalized spacial score (nSPS) is 12.3. The van der Waals surface area contributed by atoms with Crippen LogP contribution in [0.15, 0.2) is 36.4 Å². The minimum Gasteiger partial charge on any atom is -0.481 e. The highest BCUT2D eigenvalue weighted by atomic mass is 16.4. The van der Waals surface area contributed by atoms with Crippen molar-refractivity contribution in [3.8, 4) is 0 Å². The number of carboxylic acid groups (broad SMARTS) is 1. The van der Waals surface area contributed by atoms with Gasteiger partial charge in [0.25, 0.3) is 0 Å². The second-order valence-electron chi connectivity index (χ2n) is 4.62. The second kappa shape index (κ2) is 6.18. The van der Waals surface area contributed by atoms with E-state index in [4.69, 9.17) is 5.11 Å². The van der Waals surface area contributed by atoms with Crippen molar-refractivity contribution in [1.82, 2.24) is 4.98 Å². The highest BCUT2D eigenvalue weighted by Gasteiger charge is 2.12. The number of carbonyl (C=O) groups is 1. The molecular weight excluding hydrogens is 240 g/mol. The Labute approximate surface area is 112 Å². The predicted molar refractivity (Wildman–Crippen MR) is 76.3 cm³/mol. The third kappa shape index (κ3) is 3.68. The van der Waals surface area contributed by atoms with Crippen molar-refractivity contribution in [2.45, 2.75) is 32.2 Å². The number of pyridine rings is 1. The molecule has 0 radical (unpaired) electrons. The third-order valence-corrected chi connectivity index (χ3v) is 3.01. The number of nitrogens with zero attached hydrogens (tertiary/aromatic N) is 1. The molecule has 4 nitrogen and oxygen atoms in total. The molecule has 0 aliphatic rings. The minimum atomic E-state index is -0.785. The molecule has 0 amide bonds. The van der Waals surface area contributed by atoms with Crippen LogP contribution in [0, 0.1) is 0 Å². The summed E-state index contributed by atoms with van der Waals surface area (Å²) in [7, 11) is 0. The lowest BCUT2D eigenvalue weighted by molar-refractivity contribution is -0.137. The molecule has 0 fully saturated rings. The topological polar surface area (TPSA) is 62.2 Å². The van der Waals surface area contributed by atoms with Gasteiger partial charge in [-0.15, -0.1) is 0 Å². The minimum absolute atomic E-state index is 0.0730. The lowest BCUT2D eigenvalue weighted by Gasteiger charge is -2.16. The fourth-order valence-electron chi connectivity index (χ4n) is 2.14. The van der Waals surface area contributed by atoms with E-state index in [-0.39, 0.29) is 12.5 Å². The molecule has 0 saturated heterocycles. The molecule has 0 aliphatic heterocycles. The zero-order valence-corrected chi connectivity index (χ0v) is 11.0.